The average molecular weight is 560 g/mol. The molecule has 1 heterocycles. The van der Waals surface area contributed by atoms with E-state index in [0.717, 1.165) is 25.0 Å². The third-order valence-electron chi connectivity index (χ3n) is 7.25. The number of carbonyl (C=O) groups excluding carboxylic acids is 2. The Labute approximate surface area is 222 Å². The standard InChI is InChI=1S/C26H27Cl2F4N3O2/c1-33-18-6-10-35(11-7-18)23(36)22(12-15-2-4-17(27)14-20(15)28)34-24(37)25(8-9-25)19-5-3-16(13-21(19)29)26(30,31)32/h2-5,13-14,18,22,33H,6-12H2,1H3,(H,34,37). The highest BCUT2D eigenvalue weighted by Crippen LogP contribution is 2.50. The summed E-state index contributed by atoms with van der Waals surface area (Å²) in [5, 5.41) is 6.73. The van der Waals surface area contributed by atoms with Crippen LogP contribution in [0.4, 0.5) is 17.6 Å². The first-order valence-electron chi connectivity index (χ1n) is 12.0. The normalized spacial score (nSPS) is 18.4. The number of nitrogens with one attached hydrogen (secondary N) is 2. The number of hydrogen-bond donors (Lipinski definition) is 2. The van der Waals surface area contributed by atoms with E-state index in [1.165, 1.54) is 0 Å². The third kappa shape index (κ3) is 6.04. The van der Waals surface area contributed by atoms with E-state index in [4.69, 9.17) is 23.2 Å². The van der Waals surface area contributed by atoms with Crippen molar-refractivity contribution in [3.05, 3.63) is 69.0 Å². The van der Waals surface area contributed by atoms with Crippen molar-refractivity contribution < 1.29 is 27.2 Å². The van der Waals surface area contributed by atoms with Crippen molar-refractivity contribution in [2.24, 2.45) is 0 Å². The zero-order valence-corrected chi connectivity index (χ0v) is 21.6. The molecule has 11 heteroatoms. The lowest BCUT2D eigenvalue weighted by Gasteiger charge is -2.35. The predicted molar refractivity (Wildman–Crippen MR) is 133 cm³/mol. The van der Waals surface area contributed by atoms with Crippen LogP contribution < -0.4 is 10.6 Å². The van der Waals surface area contributed by atoms with Crippen LogP contribution >= 0.6 is 23.2 Å². The van der Waals surface area contributed by atoms with E-state index < -0.39 is 34.9 Å². The fourth-order valence-corrected chi connectivity index (χ4v) is 5.32. The van der Waals surface area contributed by atoms with E-state index in [1.54, 1.807) is 23.1 Å². The lowest BCUT2D eigenvalue weighted by atomic mass is 9.92. The van der Waals surface area contributed by atoms with Crippen LogP contribution in [0.15, 0.2) is 36.4 Å². The molecule has 0 spiro atoms. The zero-order valence-electron chi connectivity index (χ0n) is 20.1. The first kappa shape index (κ1) is 27.7. The number of carbonyl (C=O) groups is 2. The van der Waals surface area contributed by atoms with E-state index in [2.05, 4.69) is 10.6 Å². The lowest BCUT2D eigenvalue weighted by Crippen LogP contribution is -2.54. The van der Waals surface area contributed by atoms with E-state index in [-0.39, 0.29) is 30.7 Å². The molecule has 5 nitrogen and oxygen atoms in total. The number of benzene rings is 2. The summed E-state index contributed by atoms with van der Waals surface area (Å²) in [5.41, 5.74) is -1.96. The molecule has 2 amide bonds. The van der Waals surface area contributed by atoms with Crippen LogP contribution in [0.1, 0.15) is 42.4 Å². The van der Waals surface area contributed by atoms with Crippen LogP contribution in [0.2, 0.25) is 10.0 Å². The predicted octanol–water partition coefficient (Wildman–Crippen LogP) is 5.12. The Bertz CT molecular complexity index is 1180. The summed E-state index contributed by atoms with van der Waals surface area (Å²) in [4.78, 5) is 28.7. The topological polar surface area (TPSA) is 61.4 Å². The van der Waals surface area contributed by atoms with Crippen LogP contribution in [0.3, 0.4) is 0 Å². The maximum absolute atomic E-state index is 14.8. The maximum atomic E-state index is 14.8. The largest absolute Gasteiger partial charge is 0.416 e. The summed E-state index contributed by atoms with van der Waals surface area (Å²) < 4.78 is 53.8. The lowest BCUT2D eigenvalue weighted by molar-refractivity contribution is -0.138. The van der Waals surface area contributed by atoms with Gasteiger partial charge in [-0.2, -0.15) is 13.2 Å². The van der Waals surface area contributed by atoms with E-state index in [9.17, 15) is 27.2 Å². The van der Waals surface area contributed by atoms with Crippen molar-refractivity contribution in [3.63, 3.8) is 0 Å². The van der Waals surface area contributed by atoms with Gasteiger partial charge < -0.3 is 15.5 Å². The molecule has 200 valence electrons. The highest BCUT2D eigenvalue weighted by molar-refractivity contribution is 6.35. The second-order valence-electron chi connectivity index (χ2n) is 9.63. The molecule has 1 saturated carbocycles. The van der Waals surface area contributed by atoms with Crippen LogP contribution in [0, 0.1) is 5.82 Å². The van der Waals surface area contributed by atoms with Crippen LogP contribution in [0.25, 0.3) is 0 Å². The molecule has 2 fully saturated rings. The van der Waals surface area contributed by atoms with Gasteiger partial charge in [-0.05, 0) is 62.6 Å². The number of amides is 2. The quantitative estimate of drug-likeness (QED) is 0.463. The summed E-state index contributed by atoms with van der Waals surface area (Å²) in [6, 6.07) is 6.34. The minimum absolute atomic E-state index is 0.0815. The summed E-state index contributed by atoms with van der Waals surface area (Å²) in [6.07, 6.45) is -2.59. The monoisotopic (exact) mass is 559 g/mol. The van der Waals surface area contributed by atoms with Gasteiger partial charge in [0.2, 0.25) is 11.8 Å². The Morgan fingerprint density at radius 1 is 1.11 bits per heavy atom. The fraction of sp³-hybridized carbons (Fsp3) is 0.462. The number of piperidine rings is 1. The second-order valence-corrected chi connectivity index (χ2v) is 10.5. The Hall–Kier alpha value is -2.36. The fourth-order valence-electron chi connectivity index (χ4n) is 4.84. The highest BCUT2D eigenvalue weighted by atomic mass is 35.5. The third-order valence-corrected chi connectivity index (χ3v) is 7.84. The summed E-state index contributed by atoms with van der Waals surface area (Å²) in [7, 11) is 1.86. The molecular formula is C26H27Cl2F4N3O2. The van der Waals surface area contributed by atoms with Crippen LogP contribution in [-0.2, 0) is 27.6 Å². The molecule has 2 aliphatic rings. The SMILES string of the molecule is CNC1CCN(C(=O)C(Cc2ccc(Cl)cc2Cl)NC(=O)C2(c3ccc(C(F)(F)F)cc3F)CC2)CC1. The second kappa shape index (κ2) is 10.8. The Morgan fingerprint density at radius 3 is 2.32 bits per heavy atom. The molecule has 1 aliphatic carbocycles. The molecule has 0 aromatic heterocycles. The van der Waals surface area contributed by atoms with E-state index in [0.29, 0.717) is 40.8 Å². The van der Waals surface area contributed by atoms with Gasteiger partial charge in [0.1, 0.15) is 11.9 Å². The molecular weight excluding hydrogens is 533 g/mol. The van der Waals surface area contributed by atoms with Crippen molar-refractivity contribution in [2.45, 2.75) is 55.8 Å². The van der Waals surface area contributed by atoms with Gasteiger partial charge in [-0.1, -0.05) is 35.3 Å². The first-order valence-corrected chi connectivity index (χ1v) is 12.8. The molecule has 0 bridgehead atoms. The van der Waals surface area contributed by atoms with Crippen LogP contribution in [0.5, 0.6) is 0 Å². The van der Waals surface area contributed by atoms with Gasteiger partial charge in [0.05, 0.1) is 11.0 Å². The van der Waals surface area contributed by atoms with Crippen molar-refractivity contribution >= 4 is 35.0 Å². The molecule has 1 unspecified atom stereocenters. The molecule has 1 saturated heterocycles. The van der Waals surface area contributed by atoms with Gasteiger partial charge in [0, 0.05) is 41.2 Å². The number of nitrogens with zero attached hydrogens (tertiary/aromatic N) is 1. The smallest absolute Gasteiger partial charge is 0.343 e. The molecule has 2 N–H and O–H groups in total. The van der Waals surface area contributed by atoms with E-state index >= 15 is 0 Å². The summed E-state index contributed by atoms with van der Waals surface area (Å²) >= 11 is 12.3. The zero-order chi connectivity index (χ0) is 27.0. The van der Waals surface area contributed by atoms with Crippen molar-refractivity contribution in [2.75, 3.05) is 20.1 Å². The summed E-state index contributed by atoms with van der Waals surface area (Å²) in [5.74, 6) is -1.99. The van der Waals surface area contributed by atoms with Gasteiger partial charge in [-0.3, -0.25) is 9.59 Å². The number of hydrogen-bond acceptors (Lipinski definition) is 3. The molecule has 1 atom stereocenters. The molecule has 1 aliphatic heterocycles. The van der Waals surface area contributed by atoms with Crippen molar-refractivity contribution in [1.29, 1.82) is 0 Å². The molecule has 2 aromatic carbocycles. The van der Waals surface area contributed by atoms with Crippen molar-refractivity contribution in [1.82, 2.24) is 15.5 Å². The molecule has 4 rings (SSSR count). The van der Waals surface area contributed by atoms with Gasteiger partial charge in [0.15, 0.2) is 0 Å². The molecule has 2 aromatic rings. The highest BCUT2D eigenvalue weighted by Gasteiger charge is 2.54. The Kier molecular flexibility index (Phi) is 8.07. The van der Waals surface area contributed by atoms with E-state index in [1.807, 2.05) is 7.05 Å². The Morgan fingerprint density at radius 2 is 1.78 bits per heavy atom. The van der Waals surface area contributed by atoms with Gasteiger partial charge in [-0.25, -0.2) is 4.39 Å². The minimum Gasteiger partial charge on any atom is -0.343 e. The average Bonchev–Trinajstić information content (AvgIpc) is 3.66. The summed E-state index contributed by atoms with van der Waals surface area (Å²) in [6.45, 7) is 1.01. The number of halogens is 6. The van der Waals surface area contributed by atoms with Gasteiger partial charge in [0.25, 0.3) is 0 Å². The van der Waals surface area contributed by atoms with Crippen LogP contribution in [-0.4, -0.2) is 48.9 Å². The first-order chi connectivity index (χ1) is 17.4. The minimum atomic E-state index is -4.70. The Balaban J connectivity index is 1.58. The van der Waals surface area contributed by atoms with Gasteiger partial charge >= 0.3 is 6.18 Å². The number of rotatable bonds is 7. The molecule has 0 radical (unpaired) electrons. The van der Waals surface area contributed by atoms with Gasteiger partial charge in [-0.15, -0.1) is 0 Å². The van der Waals surface area contributed by atoms with Crippen molar-refractivity contribution in [3.8, 4) is 0 Å². The molecule has 37 heavy (non-hydrogen) atoms. The maximum Gasteiger partial charge on any atom is 0.416 e. The number of likely N-dealkylation sites (tertiary alicyclic amines) is 1. The number of alkyl halides is 3.